The van der Waals surface area contributed by atoms with Crippen LogP contribution in [0.1, 0.15) is 44.8 Å². The van der Waals surface area contributed by atoms with Gasteiger partial charge in [-0.15, -0.1) is 0 Å². The van der Waals surface area contributed by atoms with Crippen LogP contribution in [0.25, 0.3) is 0 Å². The predicted molar refractivity (Wildman–Crippen MR) is 110 cm³/mol. The number of benzene rings is 1. The van der Waals surface area contributed by atoms with Gasteiger partial charge in [0, 0.05) is 31.1 Å². The Bertz CT molecular complexity index is 914. The Balaban J connectivity index is 1.47. The monoisotopic (exact) mass is 438 g/mol. The van der Waals surface area contributed by atoms with E-state index in [1.807, 2.05) is 19.9 Å². The highest BCUT2D eigenvalue weighted by molar-refractivity contribution is 7.86. The SMILES string of the molecule is CC1(C)Oc2c(O)cccc2[C@@H]2O[C@@H]3CCCN(S(=O)(=O)N4CCOCC4)[C@@H]3C[C@H]21. The van der Waals surface area contributed by atoms with E-state index in [-0.39, 0.29) is 29.9 Å². The van der Waals surface area contributed by atoms with Gasteiger partial charge in [0.25, 0.3) is 10.2 Å². The molecule has 0 aliphatic carbocycles. The fourth-order valence-electron chi connectivity index (χ4n) is 5.45. The number of ether oxygens (including phenoxy) is 3. The molecule has 30 heavy (non-hydrogen) atoms. The number of phenolic OH excluding ortho intramolecular Hbond substituents is 1. The van der Waals surface area contributed by atoms with Crippen molar-refractivity contribution in [2.75, 3.05) is 32.8 Å². The van der Waals surface area contributed by atoms with Crippen LogP contribution in [-0.4, -0.2) is 72.7 Å². The van der Waals surface area contributed by atoms with Crippen LogP contribution in [-0.2, 0) is 19.7 Å². The fourth-order valence-corrected chi connectivity index (χ4v) is 7.28. The number of hydrogen-bond donors (Lipinski definition) is 1. The van der Waals surface area contributed by atoms with E-state index in [0.717, 1.165) is 18.4 Å². The van der Waals surface area contributed by atoms with Crippen LogP contribution in [0, 0.1) is 5.92 Å². The lowest BCUT2D eigenvalue weighted by Gasteiger charge is -2.54. The van der Waals surface area contributed by atoms with Crippen molar-refractivity contribution in [3.8, 4) is 11.5 Å². The number of rotatable bonds is 2. The summed E-state index contributed by atoms with van der Waals surface area (Å²) in [6.45, 7) is 6.16. The number of piperidine rings is 1. The van der Waals surface area contributed by atoms with E-state index >= 15 is 0 Å². The van der Waals surface area contributed by atoms with E-state index in [0.29, 0.717) is 45.0 Å². The molecule has 166 valence electrons. The number of morpholine rings is 1. The molecule has 0 amide bonds. The van der Waals surface area contributed by atoms with E-state index in [9.17, 15) is 13.5 Å². The Morgan fingerprint density at radius 3 is 2.70 bits per heavy atom. The molecule has 3 fully saturated rings. The molecule has 1 aromatic carbocycles. The Hall–Kier alpha value is -1.39. The zero-order chi connectivity index (χ0) is 21.1. The molecule has 5 rings (SSSR count). The summed E-state index contributed by atoms with van der Waals surface area (Å²) in [5.74, 6) is 0.578. The maximum absolute atomic E-state index is 13.4. The van der Waals surface area contributed by atoms with Gasteiger partial charge >= 0.3 is 0 Å². The minimum atomic E-state index is -3.57. The van der Waals surface area contributed by atoms with Crippen molar-refractivity contribution in [1.82, 2.24) is 8.61 Å². The van der Waals surface area contributed by atoms with Crippen LogP contribution in [0.2, 0.25) is 0 Å². The van der Waals surface area contributed by atoms with Gasteiger partial charge in [-0.25, -0.2) is 0 Å². The molecule has 9 heteroatoms. The van der Waals surface area contributed by atoms with E-state index < -0.39 is 15.8 Å². The minimum Gasteiger partial charge on any atom is -0.504 e. The van der Waals surface area contributed by atoms with Crippen LogP contribution in [0.4, 0.5) is 0 Å². The number of nitrogens with zero attached hydrogens (tertiary/aromatic N) is 2. The standard InChI is InChI=1S/C21H30N2O6S/c1-21(2)15-13-16-18(28-19(15)14-5-3-6-17(24)20(14)29-21)7-4-8-23(16)30(25,26)22-9-11-27-12-10-22/h3,5-6,15-16,18-19,24H,4,7-13H2,1-2H3/t15-,16-,18-,19+/m1/s1. The third-order valence-electron chi connectivity index (χ3n) is 7.03. The first-order chi connectivity index (χ1) is 14.3. The molecule has 0 aromatic heterocycles. The van der Waals surface area contributed by atoms with E-state index in [2.05, 4.69) is 0 Å². The first kappa shape index (κ1) is 20.5. The van der Waals surface area contributed by atoms with Gasteiger partial charge < -0.3 is 19.3 Å². The molecule has 4 aliphatic heterocycles. The van der Waals surface area contributed by atoms with Crippen LogP contribution in [0.5, 0.6) is 11.5 Å². The minimum absolute atomic E-state index is 0.0199. The molecule has 4 aliphatic rings. The zero-order valence-electron chi connectivity index (χ0n) is 17.5. The van der Waals surface area contributed by atoms with Crippen molar-refractivity contribution in [3.05, 3.63) is 23.8 Å². The van der Waals surface area contributed by atoms with Gasteiger partial charge in [-0.3, -0.25) is 0 Å². The van der Waals surface area contributed by atoms with Crippen LogP contribution >= 0.6 is 0 Å². The van der Waals surface area contributed by atoms with E-state index in [4.69, 9.17) is 14.2 Å². The summed E-state index contributed by atoms with van der Waals surface area (Å²) in [6.07, 6.45) is 1.89. The summed E-state index contributed by atoms with van der Waals surface area (Å²) in [4.78, 5) is 0. The maximum Gasteiger partial charge on any atom is 0.282 e. The number of para-hydroxylation sites is 1. The maximum atomic E-state index is 13.4. The van der Waals surface area contributed by atoms with Crippen molar-refractivity contribution in [2.45, 2.75) is 57.0 Å². The third-order valence-corrected chi connectivity index (χ3v) is 9.09. The summed E-state index contributed by atoms with van der Waals surface area (Å²) in [7, 11) is -3.57. The molecule has 4 heterocycles. The molecule has 4 atom stereocenters. The molecule has 3 saturated heterocycles. The molecule has 0 saturated carbocycles. The van der Waals surface area contributed by atoms with Gasteiger partial charge in [0.1, 0.15) is 5.60 Å². The second-order valence-corrected chi connectivity index (χ2v) is 11.1. The van der Waals surface area contributed by atoms with Crippen molar-refractivity contribution in [3.63, 3.8) is 0 Å². The van der Waals surface area contributed by atoms with Crippen LogP contribution in [0.3, 0.4) is 0 Å². The summed E-state index contributed by atoms with van der Waals surface area (Å²) < 4.78 is 48.2. The van der Waals surface area contributed by atoms with Crippen molar-refractivity contribution in [1.29, 1.82) is 0 Å². The quantitative estimate of drug-likeness (QED) is 0.760. The van der Waals surface area contributed by atoms with E-state index in [1.54, 1.807) is 20.7 Å². The predicted octanol–water partition coefficient (Wildman–Crippen LogP) is 2.05. The second-order valence-electron chi connectivity index (χ2n) is 9.18. The molecule has 0 spiro atoms. The third kappa shape index (κ3) is 3.22. The van der Waals surface area contributed by atoms with Crippen LogP contribution in [0.15, 0.2) is 18.2 Å². The Morgan fingerprint density at radius 2 is 1.93 bits per heavy atom. The Labute approximate surface area is 177 Å². The highest BCUT2D eigenvalue weighted by atomic mass is 32.2. The largest absolute Gasteiger partial charge is 0.504 e. The highest BCUT2D eigenvalue weighted by Gasteiger charge is 2.54. The first-order valence-corrected chi connectivity index (χ1v) is 12.2. The van der Waals surface area contributed by atoms with Gasteiger partial charge in [-0.05, 0) is 39.2 Å². The van der Waals surface area contributed by atoms with Gasteiger partial charge in [-0.2, -0.15) is 17.0 Å². The summed E-state index contributed by atoms with van der Waals surface area (Å²) in [5.41, 5.74) is 0.263. The smallest absolute Gasteiger partial charge is 0.282 e. The highest BCUT2D eigenvalue weighted by Crippen LogP contribution is 2.54. The summed E-state index contributed by atoms with van der Waals surface area (Å²) in [5, 5.41) is 10.3. The second kappa shape index (κ2) is 7.34. The van der Waals surface area contributed by atoms with Gasteiger partial charge in [0.05, 0.1) is 31.5 Å². The summed E-state index contributed by atoms with van der Waals surface area (Å²) >= 11 is 0. The number of phenols is 1. The van der Waals surface area contributed by atoms with Crippen molar-refractivity contribution in [2.24, 2.45) is 5.92 Å². The summed E-state index contributed by atoms with van der Waals surface area (Å²) in [6, 6.07) is 5.15. The molecule has 8 nitrogen and oxygen atoms in total. The Kier molecular flexibility index (Phi) is 5.02. The lowest BCUT2D eigenvalue weighted by molar-refractivity contribution is -0.180. The Morgan fingerprint density at radius 1 is 1.17 bits per heavy atom. The zero-order valence-corrected chi connectivity index (χ0v) is 18.3. The average Bonchev–Trinajstić information content (AvgIpc) is 2.74. The number of aromatic hydroxyl groups is 1. The lowest BCUT2D eigenvalue weighted by atomic mass is 9.73. The first-order valence-electron chi connectivity index (χ1n) is 10.8. The molecule has 0 unspecified atom stereocenters. The average molecular weight is 439 g/mol. The topological polar surface area (TPSA) is 88.5 Å². The molecule has 0 bridgehead atoms. The number of hydrogen-bond acceptors (Lipinski definition) is 6. The number of fused-ring (bicyclic) bond motifs is 4. The van der Waals surface area contributed by atoms with Crippen molar-refractivity contribution >= 4 is 10.2 Å². The van der Waals surface area contributed by atoms with Crippen molar-refractivity contribution < 1.29 is 27.7 Å². The fraction of sp³-hybridized carbons (Fsp3) is 0.714. The van der Waals surface area contributed by atoms with E-state index in [1.165, 1.54) is 0 Å². The molecular formula is C21H30N2O6S. The van der Waals surface area contributed by atoms with Crippen LogP contribution < -0.4 is 4.74 Å². The molecule has 1 N–H and O–H groups in total. The van der Waals surface area contributed by atoms with Gasteiger partial charge in [-0.1, -0.05) is 12.1 Å². The van der Waals surface area contributed by atoms with Gasteiger partial charge in [0.2, 0.25) is 0 Å². The molecule has 0 radical (unpaired) electrons. The molecule has 1 aromatic rings. The van der Waals surface area contributed by atoms with Gasteiger partial charge in [0.15, 0.2) is 11.5 Å². The normalized spacial score (nSPS) is 34.3. The lowest BCUT2D eigenvalue weighted by Crippen LogP contribution is -2.62. The molecular weight excluding hydrogens is 408 g/mol.